The minimum Gasteiger partial charge on any atom is -0.384 e. The number of unbranched alkanes of at least 4 members (excludes halogenated alkanes) is 2. The summed E-state index contributed by atoms with van der Waals surface area (Å²) in [5, 5.41) is 14.8. The smallest absolute Gasteiger partial charge is 0.257 e. The standard InChI is InChI=1S/C18H20N4O/c1-2-3-4-9-21-17-10-15(12-20-13-17)18(23)22-16-7-5-14(11-19)6-8-16/h5-8,10,12-13,21H,2-4,9H2,1H3,(H,22,23). The van der Waals surface area contributed by atoms with Gasteiger partial charge in [-0.2, -0.15) is 5.26 Å². The molecule has 0 aliphatic carbocycles. The molecular weight excluding hydrogens is 288 g/mol. The lowest BCUT2D eigenvalue weighted by molar-refractivity contribution is 0.102. The van der Waals surface area contributed by atoms with Crippen molar-refractivity contribution in [2.24, 2.45) is 0 Å². The number of carbonyl (C=O) groups excluding carboxylic acids is 1. The lowest BCUT2D eigenvalue weighted by Gasteiger charge is -2.08. The number of nitrogens with zero attached hydrogens (tertiary/aromatic N) is 2. The van der Waals surface area contributed by atoms with Crippen molar-refractivity contribution in [2.45, 2.75) is 26.2 Å². The van der Waals surface area contributed by atoms with Crippen LogP contribution in [0.5, 0.6) is 0 Å². The monoisotopic (exact) mass is 308 g/mol. The van der Waals surface area contributed by atoms with E-state index in [1.807, 2.05) is 6.07 Å². The normalized spacial score (nSPS) is 9.91. The summed E-state index contributed by atoms with van der Waals surface area (Å²) in [5.74, 6) is -0.223. The molecule has 5 heteroatoms. The van der Waals surface area contributed by atoms with Crippen molar-refractivity contribution in [2.75, 3.05) is 17.2 Å². The number of hydrogen-bond donors (Lipinski definition) is 2. The van der Waals surface area contributed by atoms with Crippen molar-refractivity contribution < 1.29 is 4.79 Å². The molecule has 2 rings (SSSR count). The highest BCUT2D eigenvalue weighted by atomic mass is 16.1. The molecule has 0 aliphatic heterocycles. The summed E-state index contributed by atoms with van der Waals surface area (Å²) in [5.41, 5.74) is 2.54. The number of anilines is 2. The van der Waals surface area contributed by atoms with E-state index in [0.29, 0.717) is 16.8 Å². The van der Waals surface area contributed by atoms with Crippen molar-refractivity contribution >= 4 is 17.3 Å². The Balaban J connectivity index is 1.97. The summed E-state index contributed by atoms with van der Waals surface area (Å²) in [7, 11) is 0. The molecule has 1 aromatic carbocycles. The zero-order valence-electron chi connectivity index (χ0n) is 13.2. The maximum Gasteiger partial charge on any atom is 0.257 e. The van der Waals surface area contributed by atoms with Gasteiger partial charge in [0.05, 0.1) is 22.9 Å². The largest absolute Gasteiger partial charge is 0.384 e. The first-order chi connectivity index (χ1) is 11.2. The average Bonchev–Trinajstić information content (AvgIpc) is 2.60. The van der Waals surface area contributed by atoms with Gasteiger partial charge in [0.2, 0.25) is 0 Å². The second kappa shape index (κ2) is 8.54. The molecule has 2 aromatic rings. The van der Waals surface area contributed by atoms with Crippen molar-refractivity contribution in [1.29, 1.82) is 5.26 Å². The van der Waals surface area contributed by atoms with Crippen LogP contribution in [0.4, 0.5) is 11.4 Å². The van der Waals surface area contributed by atoms with Crippen LogP contribution in [0.15, 0.2) is 42.7 Å². The summed E-state index contributed by atoms with van der Waals surface area (Å²) in [6.45, 7) is 3.03. The Hall–Kier alpha value is -2.87. The molecule has 1 heterocycles. The number of nitrogens with one attached hydrogen (secondary N) is 2. The zero-order valence-corrected chi connectivity index (χ0v) is 13.2. The third-order valence-corrected chi connectivity index (χ3v) is 3.38. The molecule has 1 amide bonds. The number of rotatable bonds is 7. The van der Waals surface area contributed by atoms with Crippen LogP contribution in [-0.4, -0.2) is 17.4 Å². The third kappa shape index (κ3) is 5.11. The maximum atomic E-state index is 12.3. The minimum atomic E-state index is -0.223. The van der Waals surface area contributed by atoms with Crippen LogP contribution in [-0.2, 0) is 0 Å². The first-order valence-electron chi connectivity index (χ1n) is 7.73. The van der Waals surface area contributed by atoms with E-state index < -0.39 is 0 Å². The Kier molecular flexibility index (Phi) is 6.13. The first kappa shape index (κ1) is 16.5. The van der Waals surface area contributed by atoms with Crippen LogP contribution in [0.1, 0.15) is 42.1 Å². The molecule has 0 spiro atoms. The van der Waals surface area contributed by atoms with Crippen molar-refractivity contribution in [3.8, 4) is 6.07 Å². The Morgan fingerprint density at radius 1 is 1.17 bits per heavy atom. The summed E-state index contributed by atoms with van der Waals surface area (Å²) in [6.07, 6.45) is 6.70. The van der Waals surface area contributed by atoms with Crippen LogP contribution in [0.2, 0.25) is 0 Å². The number of benzene rings is 1. The summed E-state index contributed by atoms with van der Waals surface area (Å²) in [4.78, 5) is 16.4. The fourth-order valence-corrected chi connectivity index (χ4v) is 2.10. The number of amides is 1. The van der Waals surface area contributed by atoms with Crippen molar-refractivity contribution in [3.63, 3.8) is 0 Å². The number of carbonyl (C=O) groups is 1. The van der Waals surface area contributed by atoms with Gasteiger partial charge in [0.15, 0.2) is 0 Å². The van der Waals surface area contributed by atoms with E-state index in [-0.39, 0.29) is 5.91 Å². The van der Waals surface area contributed by atoms with Crippen molar-refractivity contribution in [3.05, 3.63) is 53.9 Å². The molecule has 0 fully saturated rings. The Morgan fingerprint density at radius 2 is 1.96 bits per heavy atom. The molecule has 0 saturated heterocycles. The summed E-state index contributed by atoms with van der Waals surface area (Å²) >= 11 is 0. The fourth-order valence-electron chi connectivity index (χ4n) is 2.10. The van der Waals surface area contributed by atoms with E-state index in [9.17, 15) is 4.79 Å². The Labute approximate surface area is 136 Å². The van der Waals surface area contributed by atoms with E-state index in [4.69, 9.17) is 5.26 Å². The van der Waals surface area contributed by atoms with E-state index in [1.165, 1.54) is 19.0 Å². The van der Waals surface area contributed by atoms with Crippen molar-refractivity contribution in [1.82, 2.24) is 4.98 Å². The molecule has 2 N–H and O–H groups in total. The van der Waals surface area contributed by atoms with Gasteiger partial charge >= 0.3 is 0 Å². The zero-order chi connectivity index (χ0) is 16.5. The van der Waals surface area contributed by atoms with Gasteiger partial charge in [-0.05, 0) is 36.8 Å². The molecule has 0 unspecified atom stereocenters. The molecule has 0 aliphatic rings. The van der Waals surface area contributed by atoms with Gasteiger partial charge in [0.1, 0.15) is 0 Å². The third-order valence-electron chi connectivity index (χ3n) is 3.38. The van der Waals surface area contributed by atoms with Crippen LogP contribution in [0.3, 0.4) is 0 Å². The maximum absolute atomic E-state index is 12.3. The molecule has 5 nitrogen and oxygen atoms in total. The predicted molar refractivity (Wildman–Crippen MR) is 91.4 cm³/mol. The highest BCUT2D eigenvalue weighted by Crippen LogP contribution is 2.13. The molecule has 23 heavy (non-hydrogen) atoms. The van der Waals surface area contributed by atoms with Crippen LogP contribution in [0, 0.1) is 11.3 Å². The number of aromatic nitrogens is 1. The molecule has 0 bridgehead atoms. The molecule has 0 atom stereocenters. The van der Waals surface area contributed by atoms with Crippen LogP contribution < -0.4 is 10.6 Å². The first-order valence-corrected chi connectivity index (χ1v) is 7.73. The number of hydrogen-bond acceptors (Lipinski definition) is 4. The fraction of sp³-hybridized carbons (Fsp3) is 0.278. The average molecular weight is 308 g/mol. The molecule has 1 aromatic heterocycles. The second-order valence-corrected chi connectivity index (χ2v) is 5.24. The SMILES string of the molecule is CCCCCNc1cncc(C(=O)Nc2ccc(C#N)cc2)c1. The Morgan fingerprint density at radius 3 is 2.65 bits per heavy atom. The quantitative estimate of drug-likeness (QED) is 0.762. The van der Waals surface area contributed by atoms with Gasteiger partial charge in [-0.3, -0.25) is 9.78 Å². The number of pyridine rings is 1. The van der Waals surface area contributed by atoms with E-state index in [1.54, 1.807) is 36.5 Å². The summed E-state index contributed by atoms with van der Waals surface area (Å²) in [6, 6.07) is 10.6. The molecular formula is C18H20N4O. The van der Waals surface area contributed by atoms with Gasteiger partial charge in [0.25, 0.3) is 5.91 Å². The van der Waals surface area contributed by atoms with E-state index in [2.05, 4.69) is 22.5 Å². The summed E-state index contributed by atoms with van der Waals surface area (Å²) < 4.78 is 0. The second-order valence-electron chi connectivity index (χ2n) is 5.24. The van der Waals surface area contributed by atoms with Gasteiger partial charge in [0, 0.05) is 24.6 Å². The highest BCUT2D eigenvalue weighted by Gasteiger charge is 2.07. The Bertz CT molecular complexity index is 689. The number of nitriles is 1. The van der Waals surface area contributed by atoms with Gasteiger partial charge in [-0.25, -0.2) is 0 Å². The van der Waals surface area contributed by atoms with Crippen LogP contribution in [0.25, 0.3) is 0 Å². The van der Waals surface area contributed by atoms with E-state index >= 15 is 0 Å². The van der Waals surface area contributed by atoms with Gasteiger partial charge in [-0.15, -0.1) is 0 Å². The lowest BCUT2D eigenvalue weighted by atomic mass is 10.2. The molecule has 0 radical (unpaired) electrons. The van der Waals surface area contributed by atoms with E-state index in [0.717, 1.165) is 18.7 Å². The molecule has 118 valence electrons. The van der Waals surface area contributed by atoms with Crippen LogP contribution >= 0.6 is 0 Å². The lowest BCUT2D eigenvalue weighted by Crippen LogP contribution is -2.13. The molecule has 0 saturated carbocycles. The minimum absolute atomic E-state index is 0.223. The van der Waals surface area contributed by atoms with Gasteiger partial charge in [-0.1, -0.05) is 19.8 Å². The van der Waals surface area contributed by atoms with Gasteiger partial charge < -0.3 is 10.6 Å². The highest BCUT2D eigenvalue weighted by molar-refractivity contribution is 6.04. The topological polar surface area (TPSA) is 77.8 Å². The predicted octanol–water partition coefficient (Wildman–Crippen LogP) is 3.81.